The molecule has 8 heteroatoms. The first-order valence-electron chi connectivity index (χ1n) is 8.82. The number of benzene rings is 1. The molecule has 6 nitrogen and oxygen atoms in total. The van der Waals surface area contributed by atoms with Crippen molar-refractivity contribution in [2.45, 2.75) is 19.3 Å². The molecule has 28 heavy (non-hydrogen) atoms. The van der Waals surface area contributed by atoms with Crippen molar-refractivity contribution in [1.29, 1.82) is 0 Å². The van der Waals surface area contributed by atoms with Crippen LogP contribution in [0.1, 0.15) is 22.5 Å². The number of aromatic nitrogens is 4. The highest BCUT2D eigenvalue weighted by Gasteiger charge is 2.08. The van der Waals surface area contributed by atoms with Gasteiger partial charge in [-0.05, 0) is 46.0 Å². The van der Waals surface area contributed by atoms with Crippen LogP contribution in [0, 0.1) is 0 Å². The molecule has 4 rings (SSSR count). The Labute approximate surface area is 174 Å². The zero-order valence-corrected chi connectivity index (χ0v) is 17.3. The quantitative estimate of drug-likeness (QED) is 0.384. The van der Waals surface area contributed by atoms with Crippen LogP contribution in [-0.2, 0) is 19.3 Å². The minimum atomic E-state index is -0.135. The lowest BCUT2D eigenvalue weighted by Crippen LogP contribution is -1.98. The van der Waals surface area contributed by atoms with Crippen LogP contribution in [0.5, 0.6) is 0 Å². The minimum absolute atomic E-state index is 0.135. The number of nitrogens with one attached hydrogen (secondary N) is 3. The highest BCUT2D eigenvalue weighted by molar-refractivity contribution is 9.10. The number of halogens is 1. The van der Waals surface area contributed by atoms with Crippen LogP contribution in [0.3, 0.4) is 0 Å². The van der Waals surface area contributed by atoms with E-state index in [1.807, 2.05) is 12.1 Å². The third-order valence-corrected chi connectivity index (χ3v) is 5.79. The summed E-state index contributed by atoms with van der Waals surface area (Å²) < 4.78 is 0.891. The molecular formula is C20H18BrN5OS. The largest absolute Gasteiger partial charge is 0.316 e. The van der Waals surface area contributed by atoms with Gasteiger partial charge in [-0.2, -0.15) is 0 Å². The van der Waals surface area contributed by atoms with Crippen LogP contribution in [-0.4, -0.2) is 20.2 Å². The van der Waals surface area contributed by atoms with Gasteiger partial charge in [0, 0.05) is 34.2 Å². The Hall–Kier alpha value is -2.71. The summed E-state index contributed by atoms with van der Waals surface area (Å²) in [6, 6.07) is 13.9. The summed E-state index contributed by atoms with van der Waals surface area (Å²) in [7, 11) is 0. The number of aromatic amines is 2. The number of H-pyrrole nitrogens is 2. The second-order valence-electron chi connectivity index (χ2n) is 6.38. The van der Waals surface area contributed by atoms with Crippen molar-refractivity contribution in [2.24, 2.45) is 0 Å². The summed E-state index contributed by atoms with van der Waals surface area (Å²) in [4.78, 5) is 20.4. The van der Waals surface area contributed by atoms with E-state index in [1.165, 1.54) is 5.56 Å². The molecule has 3 N–H and O–H groups in total. The van der Waals surface area contributed by atoms with E-state index in [9.17, 15) is 4.79 Å². The maximum atomic E-state index is 11.3. The lowest BCUT2D eigenvalue weighted by Gasteiger charge is -2.07. The first kappa shape index (κ1) is 18.6. The smallest absolute Gasteiger partial charge is 0.264 e. The highest BCUT2D eigenvalue weighted by Crippen LogP contribution is 2.25. The van der Waals surface area contributed by atoms with Crippen molar-refractivity contribution < 1.29 is 0 Å². The van der Waals surface area contributed by atoms with Crippen molar-refractivity contribution >= 4 is 38.2 Å². The standard InChI is InChI=1S/C20H18BrN5OS/c21-17-11-22-18(9-14(17)8-16-10-19(27)26-25-16)24-20-23-15(12-28-20)7-6-13-4-2-1-3-5-13/h1-5,9-12H,6-8H2,(H,22,23,24)(H2,25,26,27). The van der Waals surface area contributed by atoms with Crippen LogP contribution >= 0.6 is 27.3 Å². The number of pyridine rings is 1. The second-order valence-corrected chi connectivity index (χ2v) is 8.09. The molecule has 0 radical (unpaired) electrons. The van der Waals surface area contributed by atoms with Gasteiger partial charge in [0.15, 0.2) is 5.13 Å². The SMILES string of the molecule is O=c1cc(Cc2cc(Nc3nc(CCc4ccccc4)cs3)ncc2Br)[nH][nH]1. The molecule has 3 aromatic heterocycles. The molecule has 0 unspecified atom stereocenters. The average molecular weight is 456 g/mol. The van der Waals surface area contributed by atoms with E-state index in [2.05, 4.69) is 71.1 Å². The number of aryl methyl sites for hydroxylation is 2. The fraction of sp³-hybridized carbons (Fsp3) is 0.150. The summed E-state index contributed by atoms with van der Waals surface area (Å²) in [5.41, 5.74) is 4.09. The lowest BCUT2D eigenvalue weighted by atomic mass is 10.1. The van der Waals surface area contributed by atoms with E-state index < -0.39 is 0 Å². The molecule has 3 heterocycles. The Balaban J connectivity index is 1.42. The molecule has 0 atom stereocenters. The predicted octanol–water partition coefficient (Wildman–Crippen LogP) is 4.44. The van der Waals surface area contributed by atoms with Crippen molar-refractivity contribution in [3.63, 3.8) is 0 Å². The molecule has 0 fully saturated rings. The Morgan fingerprint density at radius 2 is 1.96 bits per heavy atom. The first-order chi connectivity index (χ1) is 13.7. The number of hydrogen-bond donors (Lipinski definition) is 3. The highest BCUT2D eigenvalue weighted by atomic mass is 79.9. The zero-order valence-electron chi connectivity index (χ0n) is 14.9. The van der Waals surface area contributed by atoms with Gasteiger partial charge in [-0.3, -0.25) is 9.89 Å². The van der Waals surface area contributed by atoms with Gasteiger partial charge in [0.25, 0.3) is 5.56 Å². The molecule has 0 spiro atoms. The maximum absolute atomic E-state index is 11.3. The molecule has 0 aliphatic carbocycles. The molecule has 142 valence electrons. The molecule has 0 saturated carbocycles. The van der Waals surface area contributed by atoms with Crippen molar-refractivity contribution in [1.82, 2.24) is 20.2 Å². The zero-order chi connectivity index (χ0) is 19.3. The fourth-order valence-electron chi connectivity index (χ4n) is 2.86. The van der Waals surface area contributed by atoms with Crippen LogP contribution < -0.4 is 10.9 Å². The monoisotopic (exact) mass is 455 g/mol. The minimum Gasteiger partial charge on any atom is -0.316 e. The first-order valence-corrected chi connectivity index (χ1v) is 10.5. The summed E-state index contributed by atoms with van der Waals surface area (Å²) in [5.74, 6) is 0.722. The van der Waals surface area contributed by atoms with Crippen molar-refractivity contribution in [2.75, 3.05) is 5.32 Å². The van der Waals surface area contributed by atoms with Gasteiger partial charge in [0.2, 0.25) is 0 Å². The molecule has 0 aliphatic heterocycles. The van der Waals surface area contributed by atoms with Gasteiger partial charge in [-0.1, -0.05) is 30.3 Å². The molecule has 0 bridgehead atoms. The van der Waals surface area contributed by atoms with Gasteiger partial charge < -0.3 is 10.4 Å². The van der Waals surface area contributed by atoms with E-state index in [4.69, 9.17) is 0 Å². The molecule has 0 aliphatic rings. The summed E-state index contributed by atoms with van der Waals surface area (Å²) in [5, 5.41) is 11.6. The average Bonchev–Trinajstić information content (AvgIpc) is 3.32. The number of rotatable bonds is 7. The number of anilines is 2. The summed E-state index contributed by atoms with van der Waals surface area (Å²) in [6.45, 7) is 0. The Morgan fingerprint density at radius 3 is 2.75 bits per heavy atom. The van der Waals surface area contributed by atoms with E-state index in [1.54, 1.807) is 23.6 Å². The molecule has 4 aromatic rings. The van der Waals surface area contributed by atoms with Crippen LogP contribution in [0.15, 0.2) is 63.3 Å². The fourth-order valence-corrected chi connectivity index (χ4v) is 3.97. The summed E-state index contributed by atoms with van der Waals surface area (Å²) in [6.07, 6.45) is 4.23. The third-order valence-electron chi connectivity index (χ3n) is 4.27. The number of nitrogens with zero attached hydrogens (tertiary/aromatic N) is 2. The molecule has 0 amide bonds. The van der Waals surface area contributed by atoms with Crippen LogP contribution in [0.4, 0.5) is 10.9 Å². The predicted molar refractivity (Wildman–Crippen MR) is 115 cm³/mol. The number of thiazole rings is 1. The van der Waals surface area contributed by atoms with E-state index >= 15 is 0 Å². The van der Waals surface area contributed by atoms with Crippen molar-refractivity contribution in [3.8, 4) is 0 Å². The number of hydrogen-bond acceptors (Lipinski definition) is 5. The topological polar surface area (TPSA) is 86.5 Å². The van der Waals surface area contributed by atoms with E-state index in [-0.39, 0.29) is 5.56 Å². The molecular weight excluding hydrogens is 438 g/mol. The molecule has 1 aromatic carbocycles. The lowest BCUT2D eigenvalue weighted by molar-refractivity contribution is 0.927. The van der Waals surface area contributed by atoms with Gasteiger partial charge in [-0.25, -0.2) is 9.97 Å². The Morgan fingerprint density at radius 1 is 1.11 bits per heavy atom. The summed E-state index contributed by atoms with van der Waals surface area (Å²) >= 11 is 5.09. The van der Waals surface area contributed by atoms with E-state index in [0.717, 1.165) is 45.2 Å². The van der Waals surface area contributed by atoms with Gasteiger partial charge in [0.05, 0.1) is 5.69 Å². The van der Waals surface area contributed by atoms with Crippen LogP contribution in [0.25, 0.3) is 0 Å². The third kappa shape index (κ3) is 4.76. The maximum Gasteiger partial charge on any atom is 0.264 e. The van der Waals surface area contributed by atoms with Crippen LogP contribution in [0.2, 0.25) is 0 Å². The van der Waals surface area contributed by atoms with Gasteiger partial charge in [0.1, 0.15) is 5.82 Å². The second kappa shape index (κ2) is 8.53. The Kier molecular flexibility index (Phi) is 5.68. The van der Waals surface area contributed by atoms with Gasteiger partial charge >= 0.3 is 0 Å². The molecule has 0 saturated heterocycles. The van der Waals surface area contributed by atoms with Gasteiger partial charge in [-0.15, -0.1) is 11.3 Å². The normalized spacial score (nSPS) is 10.9. The Bertz CT molecular complexity index is 1120. The van der Waals surface area contributed by atoms with E-state index in [0.29, 0.717) is 6.42 Å². The van der Waals surface area contributed by atoms with Crippen molar-refractivity contribution in [3.05, 3.63) is 91.4 Å².